The normalized spacial score (nSPS) is 11.1. The lowest BCUT2D eigenvalue weighted by atomic mass is 10.3. The molecule has 0 aliphatic heterocycles. The zero-order valence-electron chi connectivity index (χ0n) is 8.36. The molecule has 0 spiro atoms. The zero-order valence-corrected chi connectivity index (χ0v) is 9.94. The van der Waals surface area contributed by atoms with Gasteiger partial charge in [-0.25, -0.2) is 9.97 Å². The lowest BCUT2D eigenvalue weighted by molar-refractivity contribution is 0.623. The number of nitrogens with zero attached hydrogens (tertiary/aromatic N) is 3. The fourth-order valence-electron chi connectivity index (χ4n) is 1.51. The maximum atomic E-state index is 5.45. The van der Waals surface area contributed by atoms with Gasteiger partial charge in [0.05, 0.1) is 6.33 Å². The molecule has 0 fully saturated rings. The summed E-state index contributed by atoms with van der Waals surface area (Å²) in [4.78, 5) is 8.64. The van der Waals surface area contributed by atoms with Crippen LogP contribution in [0.4, 0.5) is 0 Å². The molecule has 0 radical (unpaired) electrons. The van der Waals surface area contributed by atoms with Crippen LogP contribution in [0.25, 0.3) is 11.2 Å². The topological polar surface area (TPSA) is 56.7 Å². The number of aromatic nitrogens is 3. The Morgan fingerprint density at radius 3 is 3.00 bits per heavy atom. The largest absolute Gasteiger partial charge is 0.330 e. The molecule has 0 aromatic carbocycles. The summed E-state index contributed by atoms with van der Waals surface area (Å²) in [5.41, 5.74) is 7.32. The summed E-state index contributed by atoms with van der Waals surface area (Å²) in [7, 11) is 0. The summed E-state index contributed by atoms with van der Waals surface area (Å²) >= 11 is 3.38. The number of unbranched alkanes of at least 4 members (excludes halogenated alkanes) is 1. The van der Waals surface area contributed by atoms with E-state index in [2.05, 4.69) is 30.5 Å². The molecule has 0 atom stereocenters. The van der Waals surface area contributed by atoms with Crippen LogP contribution in [0.5, 0.6) is 0 Å². The molecular formula is C10H13BrN4. The van der Waals surface area contributed by atoms with Gasteiger partial charge in [0, 0.05) is 17.2 Å². The number of pyridine rings is 1. The first kappa shape index (κ1) is 10.6. The molecule has 0 aliphatic rings. The van der Waals surface area contributed by atoms with Gasteiger partial charge in [-0.2, -0.15) is 0 Å². The summed E-state index contributed by atoms with van der Waals surface area (Å²) in [6.07, 6.45) is 5.74. The van der Waals surface area contributed by atoms with E-state index in [0.717, 1.165) is 41.6 Å². The smallest absolute Gasteiger partial charge is 0.159 e. The van der Waals surface area contributed by atoms with Crippen molar-refractivity contribution in [2.45, 2.75) is 19.4 Å². The monoisotopic (exact) mass is 268 g/mol. The van der Waals surface area contributed by atoms with Gasteiger partial charge < -0.3 is 10.3 Å². The van der Waals surface area contributed by atoms with Crippen LogP contribution >= 0.6 is 15.9 Å². The van der Waals surface area contributed by atoms with Crippen molar-refractivity contribution in [3.63, 3.8) is 0 Å². The van der Waals surface area contributed by atoms with E-state index >= 15 is 0 Å². The molecule has 0 bridgehead atoms. The Balaban J connectivity index is 2.21. The predicted octanol–water partition coefficient (Wildman–Crippen LogP) is 1.93. The van der Waals surface area contributed by atoms with Gasteiger partial charge in [-0.3, -0.25) is 0 Å². The van der Waals surface area contributed by atoms with Crippen LogP contribution in [0.2, 0.25) is 0 Å². The number of fused-ring (bicyclic) bond motifs is 1. The van der Waals surface area contributed by atoms with Crippen molar-refractivity contribution in [2.24, 2.45) is 5.73 Å². The van der Waals surface area contributed by atoms with Gasteiger partial charge in [0.2, 0.25) is 0 Å². The van der Waals surface area contributed by atoms with Crippen molar-refractivity contribution >= 4 is 27.1 Å². The number of halogens is 1. The van der Waals surface area contributed by atoms with Gasteiger partial charge in [-0.05, 0) is 41.4 Å². The van der Waals surface area contributed by atoms with Crippen molar-refractivity contribution in [1.82, 2.24) is 14.5 Å². The highest BCUT2D eigenvalue weighted by Gasteiger charge is 2.03. The molecule has 4 nitrogen and oxygen atoms in total. The van der Waals surface area contributed by atoms with Crippen LogP contribution in [-0.2, 0) is 6.54 Å². The highest BCUT2D eigenvalue weighted by atomic mass is 79.9. The summed E-state index contributed by atoms with van der Waals surface area (Å²) in [6, 6.07) is 1.97. The van der Waals surface area contributed by atoms with Gasteiger partial charge in [-0.1, -0.05) is 0 Å². The average Bonchev–Trinajstić information content (AvgIpc) is 2.61. The Hall–Kier alpha value is -0.940. The van der Waals surface area contributed by atoms with Crippen molar-refractivity contribution < 1.29 is 0 Å². The van der Waals surface area contributed by atoms with Gasteiger partial charge >= 0.3 is 0 Å². The van der Waals surface area contributed by atoms with Crippen molar-refractivity contribution in [2.75, 3.05) is 6.54 Å². The van der Waals surface area contributed by atoms with E-state index in [1.807, 2.05) is 12.4 Å². The molecule has 0 saturated heterocycles. The molecule has 2 rings (SSSR count). The van der Waals surface area contributed by atoms with Gasteiger partial charge in [0.25, 0.3) is 0 Å². The molecular weight excluding hydrogens is 256 g/mol. The molecule has 2 N–H and O–H groups in total. The molecule has 0 saturated carbocycles. The minimum Gasteiger partial charge on any atom is -0.330 e. The van der Waals surface area contributed by atoms with Crippen LogP contribution < -0.4 is 5.73 Å². The fraction of sp³-hybridized carbons (Fsp3) is 0.400. The summed E-state index contributed by atoms with van der Waals surface area (Å²) in [5, 5.41) is 0. The second-order valence-electron chi connectivity index (χ2n) is 3.43. The Morgan fingerprint density at radius 2 is 2.20 bits per heavy atom. The number of hydrogen-bond acceptors (Lipinski definition) is 3. The fourth-order valence-corrected chi connectivity index (χ4v) is 1.83. The van der Waals surface area contributed by atoms with Crippen LogP contribution in [0.3, 0.4) is 0 Å². The van der Waals surface area contributed by atoms with E-state index < -0.39 is 0 Å². The number of aryl methyl sites for hydroxylation is 1. The lowest BCUT2D eigenvalue weighted by Gasteiger charge is -2.02. The molecule has 2 aromatic heterocycles. The Labute approximate surface area is 96.6 Å². The second kappa shape index (κ2) is 4.72. The zero-order chi connectivity index (χ0) is 10.7. The molecule has 0 aliphatic carbocycles. The summed E-state index contributed by atoms with van der Waals surface area (Å²) in [6.45, 7) is 1.67. The first-order valence-corrected chi connectivity index (χ1v) is 5.77. The van der Waals surface area contributed by atoms with E-state index in [4.69, 9.17) is 5.73 Å². The van der Waals surface area contributed by atoms with Crippen LogP contribution in [-0.4, -0.2) is 21.1 Å². The Kier molecular flexibility index (Phi) is 3.33. The first-order chi connectivity index (χ1) is 7.31. The third-order valence-corrected chi connectivity index (χ3v) is 2.71. The van der Waals surface area contributed by atoms with E-state index in [1.54, 1.807) is 6.20 Å². The molecule has 80 valence electrons. The van der Waals surface area contributed by atoms with Crippen LogP contribution in [0, 0.1) is 0 Å². The maximum Gasteiger partial charge on any atom is 0.159 e. The quantitative estimate of drug-likeness (QED) is 0.863. The minimum atomic E-state index is 0.742. The average molecular weight is 269 g/mol. The predicted molar refractivity (Wildman–Crippen MR) is 63.5 cm³/mol. The van der Waals surface area contributed by atoms with E-state index in [0.29, 0.717) is 0 Å². The van der Waals surface area contributed by atoms with E-state index in [1.165, 1.54) is 0 Å². The van der Waals surface area contributed by atoms with E-state index in [-0.39, 0.29) is 0 Å². The Bertz CT molecular complexity index is 452. The summed E-state index contributed by atoms with van der Waals surface area (Å²) < 4.78 is 3.03. The maximum absolute atomic E-state index is 5.45. The number of nitrogens with two attached hydrogens (primary N) is 1. The molecule has 0 unspecified atom stereocenters. The lowest BCUT2D eigenvalue weighted by Crippen LogP contribution is -2.02. The number of rotatable bonds is 4. The first-order valence-electron chi connectivity index (χ1n) is 4.97. The van der Waals surface area contributed by atoms with Crippen molar-refractivity contribution in [3.05, 3.63) is 23.1 Å². The van der Waals surface area contributed by atoms with Crippen LogP contribution in [0.15, 0.2) is 23.1 Å². The molecule has 2 heterocycles. The van der Waals surface area contributed by atoms with Gasteiger partial charge in [0.1, 0.15) is 5.52 Å². The van der Waals surface area contributed by atoms with Gasteiger partial charge in [-0.15, -0.1) is 0 Å². The molecule has 5 heteroatoms. The number of imidazole rings is 1. The summed E-state index contributed by atoms with van der Waals surface area (Å²) in [5.74, 6) is 0. The number of hydrogen-bond donors (Lipinski definition) is 1. The second-order valence-corrected chi connectivity index (χ2v) is 4.35. The van der Waals surface area contributed by atoms with E-state index in [9.17, 15) is 0 Å². The third-order valence-electron chi connectivity index (χ3n) is 2.28. The standard InChI is InChI=1S/C10H13BrN4/c11-8-5-9-10(13-6-8)15(7-14-9)4-2-1-3-12/h5-7H,1-4,12H2. The third kappa shape index (κ3) is 2.35. The molecule has 2 aromatic rings. The highest BCUT2D eigenvalue weighted by molar-refractivity contribution is 9.10. The van der Waals surface area contributed by atoms with Crippen molar-refractivity contribution in [1.29, 1.82) is 0 Å². The van der Waals surface area contributed by atoms with Crippen molar-refractivity contribution in [3.8, 4) is 0 Å². The van der Waals surface area contributed by atoms with Crippen LogP contribution in [0.1, 0.15) is 12.8 Å². The molecule has 0 amide bonds. The molecule has 15 heavy (non-hydrogen) atoms. The Morgan fingerprint density at radius 1 is 1.33 bits per heavy atom. The minimum absolute atomic E-state index is 0.742. The highest BCUT2D eigenvalue weighted by Crippen LogP contribution is 2.16. The van der Waals surface area contributed by atoms with Gasteiger partial charge in [0.15, 0.2) is 5.65 Å². The SMILES string of the molecule is NCCCCn1cnc2cc(Br)cnc21.